The molecule has 1 unspecified atom stereocenters. The minimum Gasteiger partial charge on any atom is -0.493 e. The van der Waals surface area contributed by atoms with Gasteiger partial charge in [0.15, 0.2) is 11.5 Å². The number of hydrogen-bond acceptors (Lipinski definition) is 6. The van der Waals surface area contributed by atoms with Crippen LogP contribution in [0, 0.1) is 0 Å². The van der Waals surface area contributed by atoms with Gasteiger partial charge in [-0.1, -0.05) is 30.3 Å². The number of carbonyl (C=O) groups is 3. The molecule has 12 heteroatoms. The maximum atomic E-state index is 13.4. The van der Waals surface area contributed by atoms with E-state index in [1.54, 1.807) is 79.7 Å². The lowest BCUT2D eigenvalue weighted by Crippen LogP contribution is -2.30. The average Bonchev–Trinajstić information content (AvgIpc) is 3.05. The number of thioether (sulfide) groups is 1. The van der Waals surface area contributed by atoms with Crippen molar-refractivity contribution in [3.8, 4) is 11.5 Å². The summed E-state index contributed by atoms with van der Waals surface area (Å²) in [7, 11) is 2.99. The first-order valence-corrected chi connectivity index (χ1v) is 14.7. The molecule has 4 rings (SSSR count). The molecule has 0 aliphatic rings. The zero-order valence-corrected chi connectivity index (χ0v) is 25.8. The number of anilines is 2. The Morgan fingerprint density at radius 3 is 2.13 bits per heavy atom. The van der Waals surface area contributed by atoms with E-state index in [4.69, 9.17) is 9.47 Å². The average molecular weight is 650 g/mol. The van der Waals surface area contributed by atoms with Gasteiger partial charge >= 0.3 is 6.18 Å². The molecule has 8 nitrogen and oxygen atoms in total. The lowest BCUT2D eigenvalue weighted by molar-refractivity contribution is -0.137. The molecule has 1 atom stereocenters. The molecule has 0 aromatic heterocycles. The number of rotatable bonds is 11. The van der Waals surface area contributed by atoms with Crippen molar-refractivity contribution >= 4 is 46.9 Å². The van der Waals surface area contributed by atoms with E-state index in [2.05, 4.69) is 16.0 Å². The Kier molecular flexibility index (Phi) is 11.1. The second-order valence-corrected chi connectivity index (χ2v) is 11.2. The predicted molar refractivity (Wildman–Crippen MR) is 172 cm³/mol. The maximum absolute atomic E-state index is 13.4. The summed E-state index contributed by atoms with van der Waals surface area (Å²) < 4.78 is 49.7. The summed E-state index contributed by atoms with van der Waals surface area (Å²) in [5.41, 5.74) is 0.509. The summed E-state index contributed by atoms with van der Waals surface area (Å²) in [5, 5.41) is 7.32. The number of alkyl halides is 3. The second kappa shape index (κ2) is 15.2. The fourth-order valence-electron chi connectivity index (χ4n) is 4.14. The van der Waals surface area contributed by atoms with Gasteiger partial charge in [-0.05, 0) is 85.3 Å². The Bertz CT molecular complexity index is 1730. The second-order valence-electron chi connectivity index (χ2n) is 9.80. The summed E-state index contributed by atoms with van der Waals surface area (Å²) in [6, 6.07) is 24.6. The van der Waals surface area contributed by atoms with E-state index in [9.17, 15) is 27.6 Å². The van der Waals surface area contributed by atoms with E-state index in [-0.39, 0.29) is 11.4 Å². The van der Waals surface area contributed by atoms with Crippen LogP contribution in [0.2, 0.25) is 0 Å². The molecule has 46 heavy (non-hydrogen) atoms. The summed E-state index contributed by atoms with van der Waals surface area (Å²) in [6.45, 7) is 1.63. The van der Waals surface area contributed by atoms with Crippen LogP contribution in [-0.4, -0.2) is 37.2 Å². The van der Waals surface area contributed by atoms with E-state index in [0.29, 0.717) is 33.2 Å². The van der Waals surface area contributed by atoms with Crippen LogP contribution in [0.1, 0.15) is 28.4 Å². The van der Waals surface area contributed by atoms with Gasteiger partial charge in [0.05, 0.1) is 25.0 Å². The summed E-state index contributed by atoms with van der Waals surface area (Å²) in [6.07, 6.45) is -3.02. The number of halogens is 3. The smallest absolute Gasteiger partial charge is 0.416 e. The Morgan fingerprint density at radius 2 is 1.48 bits per heavy atom. The monoisotopic (exact) mass is 649 g/mol. The van der Waals surface area contributed by atoms with E-state index < -0.39 is 34.7 Å². The molecule has 238 valence electrons. The number of ether oxygens (including phenoxy) is 2. The van der Waals surface area contributed by atoms with Gasteiger partial charge in [-0.25, -0.2) is 0 Å². The predicted octanol–water partition coefficient (Wildman–Crippen LogP) is 7.25. The highest BCUT2D eigenvalue weighted by Crippen LogP contribution is 2.32. The van der Waals surface area contributed by atoms with Crippen molar-refractivity contribution in [1.29, 1.82) is 0 Å². The molecule has 0 spiro atoms. The van der Waals surface area contributed by atoms with E-state index in [0.717, 1.165) is 12.1 Å². The van der Waals surface area contributed by atoms with Gasteiger partial charge in [0.2, 0.25) is 5.91 Å². The van der Waals surface area contributed by atoms with Crippen LogP contribution in [0.4, 0.5) is 24.5 Å². The fraction of sp³-hybridized carbons (Fsp3) is 0.147. The molecule has 0 aliphatic carbocycles. The first-order valence-electron chi connectivity index (χ1n) is 13.8. The Labute approximate surface area is 268 Å². The summed E-state index contributed by atoms with van der Waals surface area (Å²) >= 11 is 1.19. The molecule has 0 heterocycles. The van der Waals surface area contributed by atoms with Crippen molar-refractivity contribution in [3.63, 3.8) is 0 Å². The molecule has 0 bridgehead atoms. The zero-order chi connectivity index (χ0) is 33.3. The van der Waals surface area contributed by atoms with Crippen LogP contribution in [0.15, 0.2) is 108 Å². The number of hydrogen-bond donors (Lipinski definition) is 3. The highest BCUT2D eigenvalue weighted by Gasteiger charge is 2.30. The Hall–Kier alpha value is -5.23. The minimum absolute atomic E-state index is 0.0283. The maximum Gasteiger partial charge on any atom is 0.416 e. The first kappa shape index (κ1) is 33.7. The van der Waals surface area contributed by atoms with Crippen LogP contribution in [-0.2, 0) is 15.8 Å². The number of nitrogens with one attached hydrogen (secondary N) is 3. The SMILES string of the molecule is COc1ccc(/C=C(\NC(=O)c2ccccc2)C(=O)Nc2ccc(SC(C)C(=O)Nc3cccc(C(F)(F)F)c3)cc2)cc1OC. The van der Waals surface area contributed by atoms with Crippen LogP contribution in [0.25, 0.3) is 6.08 Å². The van der Waals surface area contributed by atoms with Crippen LogP contribution < -0.4 is 25.4 Å². The molecule has 3 N–H and O–H groups in total. The third-order valence-electron chi connectivity index (χ3n) is 6.50. The van der Waals surface area contributed by atoms with Crippen molar-refractivity contribution in [1.82, 2.24) is 5.32 Å². The molecule has 0 radical (unpaired) electrons. The number of amides is 3. The van der Waals surface area contributed by atoms with Crippen molar-refractivity contribution in [3.05, 3.63) is 119 Å². The first-order chi connectivity index (χ1) is 22.0. The number of carbonyl (C=O) groups excluding carboxylic acids is 3. The normalized spacial score (nSPS) is 12.1. The molecular formula is C34H30F3N3O5S. The molecule has 0 saturated heterocycles. The molecule has 4 aromatic carbocycles. The largest absolute Gasteiger partial charge is 0.493 e. The van der Waals surface area contributed by atoms with Crippen LogP contribution in [0.3, 0.4) is 0 Å². The van der Waals surface area contributed by atoms with Crippen LogP contribution >= 0.6 is 11.8 Å². The van der Waals surface area contributed by atoms with Crippen LogP contribution in [0.5, 0.6) is 11.5 Å². The number of methoxy groups -OCH3 is 2. The van der Waals surface area contributed by atoms with Crippen molar-refractivity contribution in [2.24, 2.45) is 0 Å². The molecule has 0 saturated carbocycles. The zero-order valence-electron chi connectivity index (χ0n) is 25.0. The Balaban J connectivity index is 1.46. The van der Waals surface area contributed by atoms with Crippen molar-refractivity contribution < 1.29 is 37.0 Å². The summed E-state index contributed by atoms with van der Waals surface area (Å²) in [5.74, 6) is -0.601. The van der Waals surface area contributed by atoms with Gasteiger partial charge in [-0.2, -0.15) is 13.2 Å². The van der Waals surface area contributed by atoms with Gasteiger partial charge < -0.3 is 25.4 Å². The van der Waals surface area contributed by atoms with E-state index >= 15 is 0 Å². The van der Waals surface area contributed by atoms with Crippen molar-refractivity contribution in [2.75, 3.05) is 24.9 Å². The number of benzene rings is 4. The topological polar surface area (TPSA) is 106 Å². The molecular weight excluding hydrogens is 619 g/mol. The Morgan fingerprint density at radius 1 is 0.783 bits per heavy atom. The minimum atomic E-state index is -4.52. The van der Waals surface area contributed by atoms with E-state index in [1.165, 1.54) is 44.2 Å². The van der Waals surface area contributed by atoms with Gasteiger partial charge in [0.1, 0.15) is 5.70 Å². The molecule has 0 aliphatic heterocycles. The third kappa shape index (κ3) is 9.14. The van der Waals surface area contributed by atoms with E-state index in [1.807, 2.05) is 0 Å². The standard InChI is InChI=1S/C34H30F3N3O5S/c1-21(31(41)39-26-11-7-10-24(20-26)34(35,36)37)46-27-15-13-25(14-16-27)38-33(43)28(40-32(42)23-8-5-4-6-9-23)18-22-12-17-29(44-2)30(19-22)45-3/h4-21H,1-3H3,(H,38,43)(H,39,41)(H,40,42)/b28-18-. The molecule has 4 aromatic rings. The van der Waals surface area contributed by atoms with Gasteiger partial charge in [0.25, 0.3) is 11.8 Å². The quantitative estimate of drug-likeness (QED) is 0.117. The van der Waals surface area contributed by atoms with Gasteiger partial charge in [0, 0.05) is 21.8 Å². The molecule has 0 fully saturated rings. The lowest BCUT2D eigenvalue weighted by Gasteiger charge is -2.14. The lowest BCUT2D eigenvalue weighted by atomic mass is 10.1. The van der Waals surface area contributed by atoms with Crippen molar-refractivity contribution in [2.45, 2.75) is 23.2 Å². The third-order valence-corrected chi connectivity index (χ3v) is 7.61. The summed E-state index contributed by atoms with van der Waals surface area (Å²) in [4.78, 5) is 39.7. The highest BCUT2D eigenvalue weighted by atomic mass is 32.2. The van der Waals surface area contributed by atoms with Gasteiger partial charge in [-0.3, -0.25) is 14.4 Å². The fourth-order valence-corrected chi connectivity index (χ4v) is 5.01. The van der Waals surface area contributed by atoms with Gasteiger partial charge in [-0.15, -0.1) is 11.8 Å². The highest BCUT2D eigenvalue weighted by molar-refractivity contribution is 8.00. The molecule has 3 amide bonds.